The van der Waals surface area contributed by atoms with Crippen LogP contribution in [0.5, 0.6) is 0 Å². The van der Waals surface area contributed by atoms with Crippen LogP contribution in [0, 0.1) is 19.3 Å². The molecule has 2 bridgehead atoms. The molecule has 2 saturated heterocycles. The molecule has 2 fully saturated rings. The molecule has 0 saturated carbocycles. The van der Waals surface area contributed by atoms with E-state index in [0.717, 1.165) is 11.1 Å². The van der Waals surface area contributed by atoms with Crippen LogP contribution in [-0.2, 0) is 20.0 Å². The number of aryl methyl sites for hydroxylation is 2. The van der Waals surface area contributed by atoms with Crippen LogP contribution in [0.15, 0.2) is 88.7 Å². The normalized spacial score (nSPS) is 23.0. The summed E-state index contributed by atoms with van der Waals surface area (Å²) in [5.41, 5.74) is 1.02. The van der Waals surface area contributed by atoms with Gasteiger partial charge in [-0.05, 0) is 38.1 Å². The average Bonchev–Trinajstić information content (AvgIpc) is 2.88. The zero-order valence-corrected chi connectivity index (χ0v) is 22.4. The summed E-state index contributed by atoms with van der Waals surface area (Å²) in [7, 11) is -7.83. The number of Topliss-reactive ketones (excluding diaryl/α,β-unsaturated/α-hetero) is 1. The Morgan fingerprint density at radius 2 is 1.08 bits per heavy atom. The van der Waals surface area contributed by atoms with Crippen molar-refractivity contribution in [2.24, 2.45) is 5.41 Å². The van der Waals surface area contributed by atoms with E-state index in [-0.39, 0.29) is 48.5 Å². The van der Waals surface area contributed by atoms with Gasteiger partial charge in [-0.25, -0.2) is 16.8 Å². The fourth-order valence-electron chi connectivity index (χ4n) is 5.10. The third kappa shape index (κ3) is 4.75. The van der Waals surface area contributed by atoms with Gasteiger partial charge in [0.15, 0.2) is 5.78 Å². The van der Waals surface area contributed by atoms with Gasteiger partial charge in [0.05, 0.1) is 28.5 Å². The average molecular weight is 540 g/mol. The van der Waals surface area contributed by atoms with E-state index < -0.39 is 25.5 Å². The van der Waals surface area contributed by atoms with Gasteiger partial charge in [0, 0.05) is 25.2 Å². The first-order chi connectivity index (χ1) is 17.5. The third-order valence-corrected chi connectivity index (χ3v) is 10.6. The maximum absolute atomic E-state index is 14.0. The second-order valence-corrected chi connectivity index (χ2v) is 13.8. The summed E-state index contributed by atoms with van der Waals surface area (Å²) in [6.45, 7) is 3.76. The minimum Gasteiger partial charge on any atom is -0.293 e. The summed E-state index contributed by atoms with van der Waals surface area (Å²) < 4.78 is 57.1. The van der Waals surface area contributed by atoms with E-state index in [0.29, 0.717) is 5.56 Å². The molecule has 5 rings (SSSR count). The van der Waals surface area contributed by atoms with Gasteiger partial charge in [0.2, 0.25) is 20.0 Å². The van der Waals surface area contributed by atoms with Gasteiger partial charge in [-0.2, -0.15) is 8.61 Å². The maximum atomic E-state index is 14.0. The predicted molar refractivity (Wildman–Crippen MR) is 140 cm³/mol. The number of hydrogen-bond donors (Lipinski definition) is 0. The van der Waals surface area contributed by atoms with Crippen molar-refractivity contribution in [3.63, 3.8) is 0 Å². The van der Waals surface area contributed by atoms with Crippen LogP contribution >= 0.6 is 0 Å². The van der Waals surface area contributed by atoms with Crippen molar-refractivity contribution in [3.8, 4) is 0 Å². The summed E-state index contributed by atoms with van der Waals surface area (Å²) >= 11 is 0. The zero-order chi connectivity index (χ0) is 26.4. The molecule has 194 valence electrons. The summed E-state index contributed by atoms with van der Waals surface area (Å²) in [6.07, 6.45) is 0. The van der Waals surface area contributed by atoms with Crippen molar-refractivity contribution in [2.75, 3.05) is 33.0 Å². The summed E-state index contributed by atoms with van der Waals surface area (Å²) in [4.78, 5) is 16.0. The first kappa shape index (κ1) is 25.7. The van der Waals surface area contributed by atoms with Crippen LogP contribution in [0.2, 0.25) is 0 Å². The van der Waals surface area contributed by atoms with Crippen molar-refractivity contribution < 1.29 is 21.6 Å². The maximum Gasteiger partial charge on any atom is 0.244 e. The summed E-state index contributed by atoms with van der Waals surface area (Å²) in [5, 5.41) is 0. The van der Waals surface area contributed by atoms with Crippen LogP contribution < -0.4 is 0 Å². The van der Waals surface area contributed by atoms with E-state index in [4.69, 9.17) is 0 Å². The van der Waals surface area contributed by atoms with Gasteiger partial charge >= 0.3 is 0 Å². The van der Waals surface area contributed by atoms with Crippen LogP contribution in [0.3, 0.4) is 0 Å². The quantitative estimate of drug-likeness (QED) is 0.447. The highest BCUT2D eigenvalue weighted by Gasteiger charge is 2.54. The highest BCUT2D eigenvalue weighted by atomic mass is 32.2. The van der Waals surface area contributed by atoms with Crippen molar-refractivity contribution in [2.45, 2.75) is 23.6 Å². The largest absolute Gasteiger partial charge is 0.293 e. The Bertz CT molecular complexity index is 1430. The number of carbonyl (C=O) groups excluding carboxylic acids is 1. The molecule has 0 unspecified atom stereocenters. The van der Waals surface area contributed by atoms with Gasteiger partial charge in [0.1, 0.15) is 0 Å². The molecular formula is C27H29N3O5S2. The number of rotatable bonds is 6. The molecule has 10 heteroatoms. The lowest BCUT2D eigenvalue weighted by Gasteiger charge is -2.52. The Hall–Kier alpha value is -2.89. The van der Waals surface area contributed by atoms with Crippen LogP contribution in [-0.4, -0.2) is 69.1 Å². The van der Waals surface area contributed by atoms with Gasteiger partial charge in [-0.3, -0.25) is 9.69 Å². The molecule has 2 aliphatic rings. The Kier molecular flexibility index (Phi) is 6.57. The lowest BCUT2D eigenvalue weighted by molar-refractivity contribution is -0.0268. The van der Waals surface area contributed by atoms with Gasteiger partial charge in [0.25, 0.3) is 0 Å². The number of ketones is 1. The Labute approximate surface area is 218 Å². The predicted octanol–water partition coefficient (Wildman–Crippen LogP) is 3.10. The third-order valence-electron chi connectivity index (χ3n) is 7.03. The number of nitrogens with zero attached hydrogens (tertiary/aromatic N) is 3. The fourth-order valence-corrected chi connectivity index (χ4v) is 8.12. The second kappa shape index (κ2) is 9.45. The fraction of sp³-hybridized carbons (Fsp3) is 0.296. The summed E-state index contributed by atoms with van der Waals surface area (Å²) in [5.74, 6) is -0.272. The van der Waals surface area contributed by atoms with Gasteiger partial charge < -0.3 is 0 Å². The lowest BCUT2D eigenvalue weighted by Crippen LogP contribution is -2.69. The van der Waals surface area contributed by atoms with E-state index in [9.17, 15) is 21.6 Å². The molecular weight excluding hydrogens is 510 g/mol. The molecule has 0 aliphatic carbocycles. The van der Waals surface area contributed by atoms with Crippen molar-refractivity contribution >= 4 is 25.8 Å². The molecule has 0 aromatic heterocycles. The number of hydrogen-bond acceptors (Lipinski definition) is 6. The molecule has 0 amide bonds. The molecule has 2 aliphatic heterocycles. The Morgan fingerprint density at radius 1 is 0.649 bits per heavy atom. The minimum absolute atomic E-state index is 0.0139. The highest BCUT2D eigenvalue weighted by Crippen LogP contribution is 2.38. The lowest BCUT2D eigenvalue weighted by atomic mass is 9.77. The van der Waals surface area contributed by atoms with Crippen LogP contribution in [0.4, 0.5) is 0 Å². The van der Waals surface area contributed by atoms with Gasteiger partial charge in [-0.15, -0.1) is 0 Å². The SMILES string of the molecule is Cc1ccc(S(=O)(=O)N2CN3CN(S(=O)(=O)c4ccc(C)cc4)CC(C(=O)c4ccccc4)(C3)C2)cc1. The van der Waals surface area contributed by atoms with Crippen molar-refractivity contribution in [3.05, 3.63) is 95.6 Å². The molecule has 3 aromatic carbocycles. The van der Waals surface area contributed by atoms with Crippen molar-refractivity contribution in [1.29, 1.82) is 0 Å². The standard InChI is InChI=1S/C27H29N3O5S2/c1-21-8-12-24(13-9-21)36(32,33)29-17-27(26(31)23-6-4-3-5-7-23)16-28(19-29)20-30(18-27)37(34,35)25-14-10-22(2)11-15-25/h3-15H,16-20H2,1-2H3. The monoisotopic (exact) mass is 539 g/mol. The first-order valence-corrected chi connectivity index (χ1v) is 14.9. The van der Waals surface area contributed by atoms with E-state index in [1.807, 2.05) is 13.8 Å². The smallest absolute Gasteiger partial charge is 0.244 e. The summed E-state index contributed by atoms with van der Waals surface area (Å²) in [6, 6.07) is 21.8. The van der Waals surface area contributed by atoms with Gasteiger partial charge in [-0.1, -0.05) is 65.7 Å². The molecule has 8 nitrogen and oxygen atoms in total. The first-order valence-electron chi connectivity index (χ1n) is 12.0. The van der Waals surface area contributed by atoms with E-state index in [2.05, 4.69) is 0 Å². The Morgan fingerprint density at radius 3 is 1.51 bits per heavy atom. The van der Waals surface area contributed by atoms with Crippen LogP contribution in [0.1, 0.15) is 21.5 Å². The molecule has 0 radical (unpaired) electrons. The number of carbonyl (C=O) groups is 1. The molecule has 0 spiro atoms. The van der Waals surface area contributed by atoms with Crippen molar-refractivity contribution in [1.82, 2.24) is 13.5 Å². The number of fused-ring (bicyclic) bond motifs is 2. The topological polar surface area (TPSA) is 95.1 Å². The van der Waals surface area contributed by atoms with E-state index >= 15 is 0 Å². The van der Waals surface area contributed by atoms with E-state index in [1.54, 1.807) is 83.8 Å². The second-order valence-electron chi connectivity index (χ2n) is 9.94. The molecule has 37 heavy (non-hydrogen) atoms. The zero-order valence-electron chi connectivity index (χ0n) is 20.7. The number of sulfonamides is 2. The Balaban J connectivity index is 1.55. The van der Waals surface area contributed by atoms with Crippen LogP contribution in [0.25, 0.3) is 0 Å². The van der Waals surface area contributed by atoms with E-state index in [1.165, 1.54) is 8.61 Å². The minimum atomic E-state index is -3.91. The highest BCUT2D eigenvalue weighted by molar-refractivity contribution is 7.89. The molecule has 2 heterocycles. The molecule has 0 N–H and O–H groups in total. The number of benzene rings is 3. The molecule has 3 aromatic rings. The molecule has 0 atom stereocenters.